The Hall–Kier alpha value is -2.46. The average Bonchev–Trinajstić information content (AvgIpc) is 3.40. The summed E-state index contributed by atoms with van der Waals surface area (Å²) in [6.07, 6.45) is 4.34. The van der Waals surface area contributed by atoms with Gasteiger partial charge in [-0.1, -0.05) is 11.6 Å². The molecule has 11 heteroatoms. The third-order valence-corrected chi connectivity index (χ3v) is 4.69. The predicted molar refractivity (Wildman–Crippen MR) is 99.2 cm³/mol. The van der Waals surface area contributed by atoms with Gasteiger partial charge in [-0.25, -0.2) is 26.9 Å². The first kappa shape index (κ1) is 20.3. The third kappa shape index (κ3) is 5.29. The molecule has 1 fully saturated rings. The highest BCUT2D eigenvalue weighted by molar-refractivity contribution is 7.89. The molecule has 1 aliphatic carbocycles. The minimum Gasteiger partial charge on any atom is -0.452 e. The highest BCUT2D eigenvalue weighted by atomic mass is 35.5. The van der Waals surface area contributed by atoms with Crippen LogP contribution in [0.25, 0.3) is 0 Å². The molecule has 1 saturated carbocycles. The normalized spacial score (nSPS) is 13.9. The Labute approximate surface area is 165 Å². The zero-order valence-electron chi connectivity index (χ0n) is 14.6. The molecule has 0 atom stereocenters. The van der Waals surface area contributed by atoms with Crippen molar-refractivity contribution in [3.05, 3.63) is 46.6 Å². The van der Waals surface area contributed by atoms with Gasteiger partial charge in [-0.05, 0) is 24.8 Å². The molecule has 2 aromatic rings. The van der Waals surface area contributed by atoms with Crippen LogP contribution in [0.3, 0.4) is 0 Å². The summed E-state index contributed by atoms with van der Waals surface area (Å²) in [4.78, 5) is 15.8. The van der Waals surface area contributed by atoms with Crippen LogP contribution < -0.4 is 14.8 Å². The number of pyridine rings is 1. The molecule has 1 amide bonds. The van der Waals surface area contributed by atoms with E-state index in [2.05, 4.69) is 10.3 Å². The fraction of sp³-hybridized carbons (Fsp3) is 0.294. The van der Waals surface area contributed by atoms with Crippen LogP contribution in [0.15, 0.2) is 24.4 Å². The lowest BCUT2D eigenvalue weighted by Gasteiger charge is -2.11. The molecule has 1 aliphatic rings. The zero-order valence-corrected chi connectivity index (χ0v) is 16.2. The van der Waals surface area contributed by atoms with Gasteiger partial charge in [0.2, 0.25) is 10.0 Å². The summed E-state index contributed by atoms with van der Waals surface area (Å²) in [6, 6.07) is 2.58. The maximum Gasteiger partial charge on any atom is 0.267 e. The number of hydrogen-bond donors (Lipinski definition) is 2. The highest BCUT2D eigenvalue weighted by Gasteiger charge is 2.22. The van der Waals surface area contributed by atoms with Gasteiger partial charge >= 0.3 is 0 Å². The molecule has 0 aliphatic heterocycles. The molecule has 150 valence electrons. The number of benzene rings is 1. The van der Waals surface area contributed by atoms with Gasteiger partial charge in [0.15, 0.2) is 11.6 Å². The van der Waals surface area contributed by atoms with Crippen molar-refractivity contribution in [1.82, 2.24) is 9.71 Å². The van der Waals surface area contributed by atoms with E-state index in [1.165, 1.54) is 12.3 Å². The van der Waals surface area contributed by atoms with Crippen molar-refractivity contribution < 1.29 is 26.7 Å². The van der Waals surface area contributed by atoms with Gasteiger partial charge in [0.1, 0.15) is 17.4 Å². The largest absolute Gasteiger partial charge is 0.452 e. The molecule has 1 aromatic carbocycles. The van der Waals surface area contributed by atoms with Crippen molar-refractivity contribution in [3.8, 4) is 11.5 Å². The second-order valence-corrected chi connectivity index (χ2v) is 8.55. The summed E-state index contributed by atoms with van der Waals surface area (Å²) >= 11 is 6.12. The molecule has 0 unspecified atom stereocenters. The number of rotatable bonds is 7. The number of carbonyl (C=O) groups is 1. The quantitative estimate of drug-likeness (QED) is 0.698. The van der Waals surface area contributed by atoms with Crippen molar-refractivity contribution in [2.75, 3.05) is 18.1 Å². The number of halogens is 3. The lowest BCUT2D eigenvalue weighted by atomic mass is 10.2. The minimum atomic E-state index is -3.92. The van der Waals surface area contributed by atoms with Crippen LogP contribution in [-0.4, -0.2) is 32.1 Å². The molecule has 0 bridgehead atoms. The maximum absolute atomic E-state index is 14.2. The third-order valence-electron chi connectivity index (χ3n) is 3.84. The molecule has 3 rings (SSSR count). The number of sulfonamides is 1. The fourth-order valence-electron chi connectivity index (χ4n) is 2.30. The van der Waals surface area contributed by atoms with Crippen LogP contribution in [0.2, 0.25) is 5.02 Å². The Bertz CT molecular complexity index is 1030. The number of ether oxygens (including phenoxy) is 1. The minimum absolute atomic E-state index is 0.0635. The van der Waals surface area contributed by atoms with E-state index in [0.717, 1.165) is 25.6 Å². The number of nitrogens with one attached hydrogen (secondary N) is 2. The Balaban J connectivity index is 1.76. The number of carbonyl (C=O) groups excluding carboxylic acids is 1. The first-order valence-corrected chi connectivity index (χ1v) is 10.5. The van der Waals surface area contributed by atoms with E-state index in [1.807, 2.05) is 0 Å². The smallest absolute Gasteiger partial charge is 0.267 e. The van der Waals surface area contributed by atoms with Gasteiger partial charge in [-0.2, -0.15) is 0 Å². The van der Waals surface area contributed by atoms with Crippen molar-refractivity contribution in [3.63, 3.8) is 0 Å². The highest BCUT2D eigenvalue weighted by Crippen LogP contribution is 2.32. The summed E-state index contributed by atoms with van der Waals surface area (Å²) in [7, 11) is -3.92. The number of anilines is 1. The number of amides is 1. The first-order valence-electron chi connectivity index (χ1n) is 8.21. The van der Waals surface area contributed by atoms with Crippen LogP contribution in [0.4, 0.5) is 14.6 Å². The lowest BCUT2D eigenvalue weighted by molar-refractivity contribution is 0.0977. The Morgan fingerprint density at radius 1 is 1.29 bits per heavy atom. The Morgan fingerprint density at radius 2 is 2.00 bits per heavy atom. The van der Waals surface area contributed by atoms with Crippen LogP contribution >= 0.6 is 11.6 Å². The summed E-state index contributed by atoms with van der Waals surface area (Å²) in [5, 5.41) is 3.35. The van der Waals surface area contributed by atoms with Crippen LogP contribution in [0.5, 0.6) is 11.5 Å². The second kappa shape index (κ2) is 7.88. The number of hydrogen-bond acceptors (Lipinski definition) is 6. The SMILES string of the molecule is CS(=O)(=O)NC(=O)c1cc(F)c(Oc2cnc(NCC3CC3)c(Cl)c2)cc1F. The number of nitrogens with zero attached hydrogens (tertiary/aromatic N) is 1. The summed E-state index contributed by atoms with van der Waals surface area (Å²) in [5.74, 6) is -2.88. The van der Waals surface area contributed by atoms with Crippen LogP contribution in [-0.2, 0) is 10.0 Å². The molecule has 28 heavy (non-hydrogen) atoms. The molecular weight excluding hydrogens is 416 g/mol. The Kier molecular flexibility index (Phi) is 5.71. The molecule has 1 heterocycles. The molecular formula is C17H16ClF2N3O4S. The van der Waals surface area contributed by atoms with Gasteiger partial charge in [-0.15, -0.1) is 0 Å². The van der Waals surface area contributed by atoms with E-state index in [9.17, 15) is 22.0 Å². The maximum atomic E-state index is 14.2. The van der Waals surface area contributed by atoms with Crippen molar-refractivity contribution in [2.24, 2.45) is 5.92 Å². The molecule has 7 nitrogen and oxygen atoms in total. The molecule has 0 radical (unpaired) electrons. The molecule has 0 spiro atoms. The monoisotopic (exact) mass is 431 g/mol. The zero-order chi connectivity index (χ0) is 20.5. The summed E-state index contributed by atoms with van der Waals surface area (Å²) in [6.45, 7) is 0.754. The van der Waals surface area contributed by atoms with E-state index in [4.69, 9.17) is 16.3 Å². The topological polar surface area (TPSA) is 97.4 Å². The Morgan fingerprint density at radius 3 is 2.61 bits per heavy atom. The van der Waals surface area contributed by atoms with Gasteiger partial charge in [-0.3, -0.25) is 4.79 Å². The van der Waals surface area contributed by atoms with E-state index < -0.39 is 38.9 Å². The average molecular weight is 432 g/mol. The summed E-state index contributed by atoms with van der Waals surface area (Å²) < 4.78 is 57.3. The summed E-state index contributed by atoms with van der Waals surface area (Å²) in [5.41, 5.74) is -0.772. The van der Waals surface area contributed by atoms with Crippen molar-refractivity contribution in [2.45, 2.75) is 12.8 Å². The second-order valence-electron chi connectivity index (χ2n) is 6.39. The first-order chi connectivity index (χ1) is 13.1. The van der Waals surface area contributed by atoms with Gasteiger partial charge in [0.25, 0.3) is 5.91 Å². The lowest BCUT2D eigenvalue weighted by Crippen LogP contribution is -2.30. The molecule has 2 N–H and O–H groups in total. The fourth-order valence-corrected chi connectivity index (χ4v) is 2.97. The van der Waals surface area contributed by atoms with E-state index in [1.54, 1.807) is 4.72 Å². The van der Waals surface area contributed by atoms with Crippen molar-refractivity contribution >= 4 is 33.3 Å². The van der Waals surface area contributed by atoms with E-state index in [-0.39, 0.29) is 10.8 Å². The molecule has 0 saturated heterocycles. The van der Waals surface area contributed by atoms with Crippen LogP contribution in [0, 0.1) is 17.6 Å². The van der Waals surface area contributed by atoms with Gasteiger partial charge in [0, 0.05) is 18.7 Å². The predicted octanol–water partition coefficient (Wildman–Crippen LogP) is 3.32. The standard InChI is InChI=1S/C17H16ClF2N3O4S/c1-28(25,26)23-17(24)11-5-14(20)15(6-13(11)19)27-10-4-12(18)16(22-8-10)21-7-9-2-3-9/h4-6,8-9H,2-3,7H2,1H3,(H,21,22)(H,23,24). The van der Waals surface area contributed by atoms with Gasteiger partial charge in [0.05, 0.1) is 23.0 Å². The van der Waals surface area contributed by atoms with Crippen LogP contribution in [0.1, 0.15) is 23.2 Å². The van der Waals surface area contributed by atoms with E-state index >= 15 is 0 Å². The molecule has 1 aromatic heterocycles. The van der Waals surface area contributed by atoms with Crippen molar-refractivity contribution in [1.29, 1.82) is 0 Å². The van der Waals surface area contributed by atoms with Gasteiger partial charge < -0.3 is 10.1 Å². The van der Waals surface area contributed by atoms with E-state index in [0.29, 0.717) is 23.9 Å². The number of aromatic nitrogens is 1.